The summed E-state index contributed by atoms with van der Waals surface area (Å²) in [4.78, 5) is 13.7. The van der Waals surface area contributed by atoms with Crippen molar-refractivity contribution < 1.29 is 14.6 Å². The maximum atomic E-state index is 12.1. The van der Waals surface area contributed by atoms with Gasteiger partial charge < -0.3 is 20.5 Å². The zero-order valence-electron chi connectivity index (χ0n) is 12.6. The van der Waals surface area contributed by atoms with E-state index in [0.717, 1.165) is 12.8 Å². The molecule has 1 saturated heterocycles. The van der Waals surface area contributed by atoms with Crippen molar-refractivity contribution in [2.75, 3.05) is 19.6 Å². The van der Waals surface area contributed by atoms with Gasteiger partial charge in [-0.25, -0.2) is 4.79 Å². The Morgan fingerprint density at radius 1 is 1.47 bits per heavy atom. The van der Waals surface area contributed by atoms with Crippen LogP contribution in [0.4, 0.5) is 4.79 Å². The van der Waals surface area contributed by atoms with E-state index in [4.69, 9.17) is 10.5 Å². The first-order valence-corrected chi connectivity index (χ1v) is 7.12. The van der Waals surface area contributed by atoms with Crippen LogP contribution in [0.5, 0.6) is 0 Å². The third-order valence-corrected chi connectivity index (χ3v) is 3.80. The lowest BCUT2D eigenvalue weighted by atomic mass is 9.80. The Bertz CT molecular complexity index is 308. The summed E-state index contributed by atoms with van der Waals surface area (Å²) >= 11 is 0. The molecule has 5 nitrogen and oxygen atoms in total. The van der Waals surface area contributed by atoms with Crippen LogP contribution in [0.1, 0.15) is 47.0 Å². The lowest BCUT2D eigenvalue weighted by Gasteiger charge is -2.41. The first-order chi connectivity index (χ1) is 8.72. The van der Waals surface area contributed by atoms with Crippen LogP contribution < -0.4 is 5.73 Å². The van der Waals surface area contributed by atoms with E-state index < -0.39 is 11.2 Å². The van der Waals surface area contributed by atoms with Crippen LogP contribution in [-0.2, 0) is 4.74 Å². The van der Waals surface area contributed by atoms with Gasteiger partial charge in [0, 0.05) is 25.6 Å². The van der Waals surface area contributed by atoms with Crippen LogP contribution in [0.3, 0.4) is 0 Å². The molecule has 1 heterocycles. The summed E-state index contributed by atoms with van der Waals surface area (Å²) in [5.74, 6) is 0.0313. The summed E-state index contributed by atoms with van der Waals surface area (Å²) in [5, 5.41) is 10.5. The zero-order valence-corrected chi connectivity index (χ0v) is 12.6. The van der Waals surface area contributed by atoms with E-state index in [0.29, 0.717) is 19.5 Å². The van der Waals surface area contributed by atoms with Crippen LogP contribution in [0.25, 0.3) is 0 Å². The van der Waals surface area contributed by atoms with E-state index in [1.165, 1.54) is 0 Å². The second-order valence-electron chi connectivity index (χ2n) is 6.43. The van der Waals surface area contributed by atoms with Gasteiger partial charge in [0.05, 0.1) is 5.60 Å². The van der Waals surface area contributed by atoms with Gasteiger partial charge >= 0.3 is 6.09 Å². The van der Waals surface area contributed by atoms with Crippen LogP contribution >= 0.6 is 0 Å². The van der Waals surface area contributed by atoms with Gasteiger partial charge in [0.25, 0.3) is 0 Å². The van der Waals surface area contributed by atoms with Crippen molar-refractivity contribution in [3.8, 4) is 0 Å². The number of nitrogens with zero attached hydrogens (tertiary/aromatic N) is 1. The molecular formula is C14H28N2O3. The van der Waals surface area contributed by atoms with Gasteiger partial charge in [-0.2, -0.15) is 0 Å². The molecule has 0 bridgehead atoms. The van der Waals surface area contributed by atoms with Gasteiger partial charge in [0.2, 0.25) is 0 Å². The molecule has 19 heavy (non-hydrogen) atoms. The molecule has 1 amide bonds. The standard InChI is InChI=1S/C14H28N2O3/c1-5-14(18,10-15)11-7-6-8-16(9-11)12(17)19-13(2,3)4/h11,18H,5-10,15H2,1-4H3/t11-,14+/m1/s1. The van der Waals surface area contributed by atoms with Crippen LogP contribution in [-0.4, -0.2) is 46.9 Å². The predicted molar refractivity (Wildman–Crippen MR) is 74.8 cm³/mol. The number of hydrogen-bond acceptors (Lipinski definition) is 4. The Balaban J connectivity index is 2.67. The molecule has 1 rings (SSSR count). The third kappa shape index (κ3) is 4.35. The lowest BCUT2D eigenvalue weighted by Crippen LogP contribution is -2.53. The fourth-order valence-corrected chi connectivity index (χ4v) is 2.51. The van der Waals surface area contributed by atoms with E-state index >= 15 is 0 Å². The summed E-state index contributed by atoms with van der Waals surface area (Å²) in [6.45, 7) is 8.94. The normalized spacial score (nSPS) is 23.9. The zero-order chi connectivity index (χ0) is 14.7. The largest absolute Gasteiger partial charge is 0.444 e. The minimum absolute atomic E-state index is 0.0313. The number of nitrogens with two attached hydrogens (primary N) is 1. The second-order valence-corrected chi connectivity index (χ2v) is 6.43. The van der Waals surface area contributed by atoms with Crippen LogP contribution in [0, 0.1) is 5.92 Å². The number of aliphatic hydroxyl groups is 1. The number of likely N-dealkylation sites (tertiary alicyclic amines) is 1. The molecule has 2 atom stereocenters. The molecule has 5 heteroatoms. The Morgan fingerprint density at radius 2 is 2.11 bits per heavy atom. The van der Waals surface area contributed by atoms with E-state index in [1.807, 2.05) is 27.7 Å². The summed E-state index contributed by atoms with van der Waals surface area (Å²) < 4.78 is 5.38. The van der Waals surface area contributed by atoms with Gasteiger partial charge in [-0.1, -0.05) is 6.92 Å². The molecule has 1 fully saturated rings. The lowest BCUT2D eigenvalue weighted by molar-refractivity contribution is -0.0479. The van der Waals surface area contributed by atoms with Crippen LogP contribution in [0.2, 0.25) is 0 Å². The van der Waals surface area contributed by atoms with Gasteiger partial charge in [-0.3, -0.25) is 0 Å². The molecule has 112 valence electrons. The topological polar surface area (TPSA) is 75.8 Å². The number of ether oxygens (including phenoxy) is 1. The highest BCUT2D eigenvalue weighted by Gasteiger charge is 2.38. The molecule has 0 aromatic heterocycles. The molecular weight excluding hydrogens is 244 g/mol. The summed E-state index contributed by atoms with van der Waals surface area (Å²) in [6, 6.07) is 0. The van der Waals surface area contributed by atoms with Crippen molar-refractivity contribution in [2.45, 2.75) is 58.2 Å². The van der Waals surface area contributed by atoms with Crippen molar-refractivity contribution in [3.05, 3.63) is 0 Å². The predicted octanol–water partition coefficient (Wildman–Crippen LogP) is 1.73. The summed E-state index contributed by atoms with van der Waals surface area (Å²) in [6.07, 6.45) is 2.09. The molecule has 0 spiro atoms. The average Bonchev–Trinajstić information content (AvgIpc) is 2.36. The second kappa shape index (κ2) is 6.09. The number of carbonyl (C=O) groups excluding carboxylic acids is 1. The maximum Gasteiger partial charge on any atom is 0.410 e. The Hall–Kier alpha value is -0.810. The van der Waals surface area contributed by atoms with Gasteiger partial charge in [-0.05, 0) is 40.0 Å². The molecule has 0 unspecified atom stereocenters. The van der Waals surface area contributed by atoms with Crippen molar-refractivity contribution in [1.29, 1.82) is 0 Å². The average molecular weight is 272 g/mol. The smallest absolute Gasteiger partial charge is 0.410 e. The van der Waals surface area contributed by atoms with Gasteiger partial charge in [0.1, 0.15) is 5.60 Å². The van der Waals surface area contributed by atoms with Crippen molar-refractivity contribution in [2.24, 2.45) is 11.7 Å². The minimum Gasteiger partial charge on any atom is -0.444 e. The number of carbonyl (C=O) groups is 1. The molecule has 1 aliphatic heterocycles. The van der Waals surface area contributed by atoms with Gasteiger partial charge in [-0.15, -0.1) is 0 Å². The molecule has 0 radical (unpaired) electrons. The van der Waals surface area contributed by atoms with Crippen molar-refractivity contribution >= 4 is 6.09 Å². The Labute approximate surface area is 116 Å². The molecule has 3 N–H and O–H groups in total. The molecule has 1 aliphatic rings. The minimum atomic E-state index is -0.874. The van der Waals surface area contributed by atoms with E-state index in [2.05, 4.69) is 0 Å². The Morgan fingerprint density at radius 3 is 2.58 bits per heavy atom. The van der Waals surface area contributed by atoms with Crippen molar-refractivity contribution in [3.63, 3.8) is 0 Å². The van der Waals surface area contributed by atoms with Gasteiger partial charge in [0.15, 0.2) is 0 Å². The third-order valence-electron chi connectivity index (χ3n) is 3.80. The van der Waals surface area contributed by atoms with E-state index in [9.17, 15) is 9.90 Å². The molecule has 0 aromatic rings. The highest BCUT2D eigenvalue weighted by molar-refractivity contribution is 5.68. The molecule has 0 saturated carbocycles. The highest BCUT2D eigenvalue weighted by atomic mass is 16.6. The molecule has 0 aromatic carbocycles. The highest BCUT2D eigenvalue weighted by Crippen LogP contribution is 2.30. The monoisotopic (exact) mass is 272 g/mol. The van der Waals surface area contributed by atoms with E-state index in [-0.39, 0.29) is 18.6 Å². The number of piperidine rings is 1. The SMILES string of the molecule is CC[C@](O)(CN)[C@@H]1CCCN(C(=O)OC(C)(C)C)C1. The fraction of sp³-hybridized carbons (Fsp3) is 0.929. The fourth-order valence-electron chi connectivity index (χ4n) is 2.51. The quantitative estimate of drug-likeness (QED) is 0.820. The van der Waals surface area contributed by atoms with Crippen molar-refractivity contribution in [1.82, 2.24) is 4.90 Å². The summed E-state index contributed by atoms with van der Waals surface area (Å²) in [7, 11) is 0. The number of hydrogen-bond donors (Lipinski definition) is 2. The number of amides is 1. The van der Waals surface area contributed by atoms with E-state index in [1.54, 1.807) is 4.90 Å². The Kier molecular flexibility index (Phi) is 5.21. The first kappa shape index (κ1) is 16.2. The molecule has 0 aliphatic carbocycles. The summed E-state index contributed by atoms with van der Waals surface area (Å²) in [5.41, 5.74) is 4.33. The number of rotatable bonds is 3. The maximum absolute atomic E-state index is 12.1. The first-order valence-electron chi connectivity index (χ1n) is 7.12. The van der Waals surface area contributed by atoms with Crippen LogP contribution in [0.15, 0.2) is 0 Å².